The molecule has 0 heterocycles. The second kappa shape index (κ2) is 7.23. The quantitative estimate of drug-likeness (QED) is 0.792. The van der Waals surface area contributed by atoms with Crippen LogP contribution in [0.25, 0.3) is 0 Å². The van der Waals surface area contributed by atoms with Crippen LogP contribution in [0.2, 0.25) is 5.02 Å². The maximum Gasteiger partial charge on any atom is 0.140 e. The molecule has 0 aromatic heterocycles. The fourth-order valence-electron chi connectivity index (χ4n) is 1.97. The summed E-state index contributed by atoms with van der Waals surface area (Å²) in [7, 11) is 0. The lowest BCUT2D eigenvalue weighted by atomic mass is 10.1. The molecule has 0 amide bonds. The van der Waals surface area contributed by atoms with Crippen LogP contribution in [0.3, 0.4) is 0 Å². The molecular weight excluding hydrogens is 291 g/mol. The minimum atomic E-state index is -0.449. The Morgan fingerprint density at radius 2 is 2.00 bits per heavy atom. The lowest BCUT2D eigenvalue weighted by molar-refractivity contribution is -0.118. The van der Waals surface area contributed by atoms with Crippen LogP contribution in [0.1, 0.15) is 17.5 Å². The minimum Gasteiger partial charge on any atom is -0.493 e. The molecule has 21 heavy (non-hydrogen) atoms. The molecule has 4 heteroatoms. The topological polar surface area (TPSA) is 26.3 Å². The highest BCUT2D eigenvalue weighted by Gasteiger charge is 2.12. The molecule has 0 aliphatic rings. The number of carbonyl (C=O) groups is 1. The molecule has 2 aromatic rings. The van der Waals surface area contributed by atoms with Gasteiger partial charge in [-0.2, -0.15) is 0 Å². The number of hydrogen-bond acceptors (Lipinski definition) is 2. The molecule has 0 bridgehead atoms. The van der Waals surface area contributed by atoms with Gasteiger partial charge in [0.15, 0.2) is 0 Å². The number of Topliss-reactive ketones (excluding diaryl/α,β-unsaturated/α-hetero) is 1. The molecule has 2 nitrogen and oxygen atoms in total. The van der Waals surface area contributed by atoms with Gasteiger partial charge in [-0.15, -0.1) is 0 Å². The maximum absolute atomic E-state index is 13.6. The summed E-state index contributed by atoms with van der Waals surface area (Å²) in [6, 6.07) is 12.0. The Labute approximate surface area is 128 Å². The Bertz CT molecular complexity index is 620. The second-order valence-corrected chi connectivity index (χ2v) is 5.24. The average Bonchev–Trinajstić information content (AvgIpc) is 2.43. The third kappa shape index (κ3) is 4.57. The summed E-state index contributed by atoms with van der Waals surface area (Å²) in [5.41, 5.74) is 1.34. The van der Waals surface area contributed by atoms with E-state index < -0.39 is 5.82 Å². The maximum atomic E-state index is 13.6. The first kappa shape index (κ1) is 15.5. The van der Waals surface area contributed by atoms with Crippen LogP contribution in [0.5, 0.6) is 5.75 Å². The summed E-state index contributed by atoms with van der Waals surface area (Å²) in [6.07, 6.45) is 0.210. The van der Waals surface area contributed by atoms with Gasteiger partial charge in [0.25, 0.3) is 0 Å². The van der Waals surface area contributed by atoms with Crippen LogP contribution >= 0.6 is 11.6 Å². The van der Waals surface area contributed by atoms with Gasteiger partial charge < -0.3 is 4.74 Å². The summed E-state index contributed by atoms with van der Waals surface area (Å²) >= 11 is 5.90. The van der Waals surface area contributed by atoms with Crippen LogP contribution in [-0.4, -0.2) is 12.4 Å². The standard InChI is InChI=1S/C17H16ClFO2/c1-12-4-2-5-14(10-12)21-9-8-13(20)11-15-16(18)6-3-7-17(15)19/h2-7,10H,8-9,11H2,1H3. The van der Waals surface area contributed by atoms with Crippen LogP contribution < -0.4 is 4.74 Å². The summed E-state index contributed by atoms with van der Waals surface area (Å²) in [5, 5.41) is 0.281. The molecule has 0 saturated carbocycles. The number of benzene rings is 2. The molecule has 0 N–H and O–H groups in total. The Hall–Kier alpha value is -1.87. The van der Waals surface area contributed by atoms with E-state index >= 15 is 0 Å². The van der Waals surface area contributed by atoms with Crippen molar-refractivity contribution in [2.75, 3.05) is 6.61 Å². The minimum absolute atomic E-state index is 0.0112. The molecule has 0 unspecified atom stereocenters. The van der Waals surface area contributed by atoms with E-state index in [0.29, 0.717) is 0 Å². The first-order chi connectivity index (χ1) is 10.1. The Morgan fingerprint density at radius 3 is 2.71 bits per heavy atom. The molecule has 2 aromatic carbocycles. The van der Waals surface area contributed by atoms with Crippen molar-refractivity contribution in [1.29, 1.82) is 0 Å². The zero-order valence-corrected chi connectivity index (χ0v) is 12.5. The van der Waals surface area contributed by atoms with Crippen molar-refractivity contribution < 1.29 is 13.9 Å². The van der Waals surface area contributed by atoms with E-state index in [1.54, 1.807) is 6.07 Å². The average molecular weight is 307 g/mol. The smallest absolute Gasteiger partial charge is 0.140 e. The normalized spacial score (nSPS) is 10.4. The predicted octanol–water partition coefficient (Wildman–Crippen LogP) is 4.37. The molecule has 110 valence electrons. The lowest BCUT2D eigenvalue weighted by Crippen LogP contribution is -2.10. The third-order valence-electron chi connectivity index (χ3n) is 3.07. The highest BCUT2D eigenvalue weighted by molar-refractivity contribution is 6.31. The van der Waals surface area contributed by atoms with Gasteiger partial charge in [0.05, 0.1) is 6.61 Å². The lowest BCUT2D eigenvalue weighted by Gasteiger charge is -2.07. The number of ether oxygens (including phenoxy) is 1. The van der Waals surface area contributed by atoms with Crippen LogP contribution in [0.15, 0.2) is 42.5 Å². The van der Waals surface area contributed by atoms with Crippen LogP contribution in [0, 0.1) is 12.7 Å². The second-order valence-electron chi connectivity index (χ2n) is 4.83. The molecule has 0 fully saturated rings. The predicted molar refractivity (Wildman–Crippen MR) is 81.4 cm³/mol. The van der Waals surface area contributed by atoms with E-state index in [-0.39, 0.29) is 35.8 Å². The number of halogens is 2. The van der Waals surface area contributed by atoms with Crippen molar-refractivity contribution in [3.05, 3.63) is 64.4 Å². The monoisotopic (exact) mass is 306 g/mol. The van der Waals surface area contributed by atoms with E-state index in [4.69, 9.17) is 16.3 Å². The van der Waals surface area contributed by atoms with Crippen molar-refractivity contribution >= 4 is 17.4 Å². The molecule has 2 rings (SSSR count). The van der Waals surface area contributed by atoms with E-state index in [0.717, 1.165) is 11.3 Å². The number of ketones is 1. The first-order valence-corrected chi connectivity index (χ1v) is 7.08. The Morgan fingerprint density at radius 1 is 1.24 bits per heavy atom. The summed E-state index contributed by atoms with van der Waals surface area (Å²) in [4.78, 5) is 11.9. The van der Waals surface area contributed by atoms with E-state index in [1.807, 2.05) is 31.2 Å². The fourth-order valence-corrected chi connectivity index (χ4v) is 2.20. The van der Waals surface area contributed by atoms with Gasteiger partial charge in [-0.05, 0) is 36.8 Å². The van der Waals surface area contributed by atoms with Crippen LogP contribution in [0.4, 0.5) is 4.39 Å². The zero-order valence-electron chi connectivity index (χ0n) is 11.7. The number of aryl methyl sites for hydroxylation is 1. The van der Waals surface area contributed by atoms with Gasteiger partial charge in [-0.3, -0.25) is 4.79 Å². The van der Waals surface area contributed by atoms with Gasteiger partial charge in [0, 0.05) is 23.4 Å². The van der Waals surface area contributed by atoms with Crippen molar-refractivity contribution in [3.8, 4) is 5.75 Å². The summed E-state index contributed by atoms with van der Waals surface area (Å²) < 4.78 is 19.1. The zero-order chi connectivity index (χ0) is 15.2. The first-order valence-electron chi connectivity index (χ1n) is 6.70. The van der Waals surface area contributed by atoms with Gasteiger partial charge >= 0.3 is 0 Å². The van der Waals surface area contributed by atoms with E-state index in [9.17, 15) is 9.18 Å². The number of carbonyl (C=O) groups excluding carboxylic acids is 1. The SMILES string of the molecule is Cc1cccc(OCCC(=O)Cc2c(F)cccc2Cl)c1. The molecular formula is C17H16ClFO2. The van der Waals surface area contributed by atoms with E-state index in [2.05, 4.69) is 0 Å². The molecule has 0 aliphatic heterocycles. The summed E-state index contributed by atoms with van der Waals surface area (Å²) in [6.45, 7) is 2.24. The van der Waals surface area contributed by atoms with Crippen LogP contribution in [-0.2, 0) is 11.2 Å². The largest absolute Gasteiger partial charge is 0.493 e. The van der Waals surface area contributed by atoms with E-state index in [1.165, 1.54) is 12.1 Å². The molecule has 0 radical (unpaired) electrons. The molecule has 0 atom stereocenters. The fraction of sp³-hybridized carbons (Fsp3) is 0.235. The van der Waals surface area contributed by atoms with Gasteiger partial charge in [-0.25, -0.2) is 4.39 Å². The summed E-state index contributed by atoms with van der Waals surface area (Å²) in [5.74, 6) is 0.178. The Kier molecular flexibility index (Phi) is 5.34. The Balaban J connectivity index is 1.85. The van der Waals surface area contributed by atoms with Crippen molar-refractivity contribution in [1.82, 2.24) is 0 Å². The number of hydrogen-bond donors (Lipinski definition) is 0. The third-order valence-corrected chi connectivity index (χ3v) is 3.43. The van der Waals surface area contributed by atoms with Crippen molar-refractivity contribution in [3.63, 3.8) is 0 Å². The highest BCUT2D eigenvalue weighted by Crippen LogP contribution is 2.20. The van der Waals surface area contributed by atoms with Gasteiger partial charge in [0.1, 0.15) is 17.3 Å². The van der Waals surface area contributed by atoms with Gasteiger partial charge in [-0.1, -0.05) is 29.8 Å². The highest BCUT2D eigenvalue weighted by atomic mass is 35.5. The molecule has 0 spiro atoms. The van der Waals surface area contributed by atoms with Crippen molar-refractivity contribution in [2.45, 2.75) is 19.8 Å². The molecule has 0 saturated heterocycles. The van der Waals surface area contributed by atoms with Crippen molar-refractivity contribution in [2.24, 2.45) is 0 Å². The van der Waals surface area contributed by atoms with Gasteiger partial charge in [0.2, 0.25) is 0 Å². The number of rotatable bonds is 6. The molecule has 0 aliphatic carbocycles.